The highest BCUT2D eigenvalue weighted by molar-refractivity contribution is 7.90. The van der Waals surface area contributed by atoms with Crippen molar-refractivity contribution in [3.63, 3.8) is 0 Å². The van der Waals surface area contributed by atoms with Gasteiger partial charge in [-0.1, -0.05) is 66.8 Å². The van der Waals surface area contributed by atoms with Gasteiger partial charge < -0.3 is 5.73 Å². The van der Waals surface area contributed by atoms with Crippen molar-refractivity contribution in [1.29, 1.82) is 0 Å². The first kappa shape index (κ1) is 28.9. The Balaban J connectivity index is 1.83. The predicted octanol–water partition coefficient (Wildman–Crippen LogP) is 5.84. The molecule has 0 bridgehead atoms. The van der Waals surface area contributed by atoms with E-state index in [1.165, 1.54) is 24.3 Å². The molecule has 3 aromatic carbocycles. The van der Waals surface area contributed by atoms with Crippen molar-refractivity contribution >= 4 is 68.0 Å². The zero-order chi connectivity index (χ0) is 28.3. The van der Waals surface area contributed by atoms with Crippen LogP contribution in [0.4, 0.5) is 5.69 Å². The summed E-state index contributed by atoms with van der Waals surface area (Å²) >= 11 is 18.6. The Hall–Kier alpha value is -3.11. The Bertz CT molecular complexity index is 1520. The molecule has 1 aliphatic rings. The third kappa shape index (κ3) is 6.73. The normalized spacial score (nSPS) is 16.8. The fourth-order valence-corrected chi connectivity index (χ4v) is 5.66. The molecule has 39 heavy (non-hydrogen) atoms. The third-order valence-electron chi connectivity index (χ3n) is 6.09. The highest BCUT2D eigenvalue weighted by Gasteiger charge is 2.35. The van der Waals surface area contributed by atoms with Gasteiger partial charge in [-0.3, -0.25) is 19.5 Å². The lowest BCUT2D eigenvalue weighted by molar-refractivity contribution is -0.120. The monoisotopic (exact) mass is 605 g/mol. The van der Waals surface area contributed by atoms with Crippen LogP contribution in [0.25, 0.3) is 0 Å². The second-order valence-electron chi connectivity index (χ2n) is 9.24. The number of sulfonamides is 1. The van der Waals surface area contributed by atoms with E-state index in [2.05, 4.69) is 9.71 Å². The van der Waals surface area contributed by atoms with E-state index >= 15 is 0 Å². The zero-order valence-corrected chi connectivity index (χ0v) is 24.1. The lowest BCUT2D eigenvalue weighted by Gasteiger charge is -2.24. The van der Waals surface area contributed by atoms with Crippen LogP contribution in [0, 0.1) is 5.92 Å². The van der Waals surface area contributed by atoms with Crippen molar-refractivity contribution in [2.45, 2.75) is 37.2 Å². The Labute approximate surface area is 242 Å². The highest BCUT2D eigenvalue weighted by atomic mass is 35.5. The van der Waals surface area contributed by atoms with E-state index in [4.69, 9.17) is 45.6 Å². The van der Waals surface area contributed by atoms with Crippen molar-refractivity contribution in [2.24, 2.45) is 21.7 Å². The molecule has 0 saturated carbocycles. The summed E-state index contributed by atoms with van der Waals surface area (Å²) in [5, 5.41) is 7.96. The standard InChI is InChI=1S/C27H26Cl3N5O3S/c1-16(2)25(26(31)36)32-27(34-39(37,38)20-13-9-18(29)10-14-20)23-15-24(21-5-3-4-6-22(21)30)35(33-23)19-11-7-17(28)8-12-19/h3-14,16,24-25H,15H2,1-2H3,(H2,31,36)(H,32,34)/t24-,25+/m1/s1. The first-order valence-corrected chi connectivity index (χ1v) is 14.6. The van der Waals surface area contributed by atoms with Gasteiger partial charge in [0.1, 0.15) is 11.8 Å². The second kappa shape index (κ2) is 12.0. The summed E-state index contributed by atoms with van der Waals surface area (Å²) in [6.07, 6.45) is 0.234. The number of amides is 1. The number of nitrogens with two attached hydrogens (primary N) is 1. The van der Waals surface area contributed by atoms with Gasteiger partial charge in [-0.05, 0) is 66.1 Å². The molecule has 0 unspecified atom stereocenters. The average molecular weight is 607 g/mol. The van der Waals surface area contributed by atoms with Gasteiger partial charge in [-0.25, -0.2) is 8.42 Å². The molecule has 1 aliphatic heterocycles. The first-order chi connectivity index (χ1) is 18.5. The zero-order valence-electron chi connectivity index (χ0n) is 21.1. The van der Waals surface area contributed by atoms with Crippen LogP contribution in [0.5, 0.6) is 0 Å². The number of anilines is 1. The molecule has 204 valence electrons. The van der Waals surface area contributed by atoms with Gasteiger partial charge in [0.2, 0.25) is 5.91 Å². The van der Waals surface area contributed by atoms with Crippen molar-refractivity contribution in [3.05, 3.63) is 93.4 Å². The molecule has 1 amide bonds. The van der Waals surface area contributed by atoms with Crippen LogP contribution < -0.4 is 15.5 Å². The summed E-state index contributed by atoms with van der Waals surface area (Å²) in [5.41, 5.74) is 7.42. The number of hydrazone groups is 1. The highest BCUT2D eigenvalue weighted by Crippen LogP contribution is 2.38. The van der Waals surface area contributed by atoms with E-state index < -0.39 is 28.0 Å². The van der Waals surface area contributed by atoms with Gasteiger partial charge in [0, 0.05) is 21.5 Å². The number of hydrogen-bond donors (Lipinski definition) is 2. The molecule has 0 aliphatic carbocycles. The topological polar surface area (TPSA) is 117 Å². The summed E-state index contributed by atoms with van der Waals surface area (Å²) < 4.78 is 29.3. The number of rotatable bonds is 8. The van der Waals surface area contributed by atoms with Gasteiger partial charge in [0.15, 0.2) is 5.84 Å². The number of nitrogens with one attached hydrogen (secondary N) is 1. The number of carbonyl (C=O) groups is 1. The summed E-state index contributed by atoms with van der Waals surface area (Å²) in [5.74, 6) is -1.08. The number of carbonyl (C=O) groups excluding carboxylic acids is 1. The van der Waals surface area contributed by atoms with Crippen LogP contribution in [0.3, 0.4) is 0 Å². The van der Waals surface area contributed by atoms with Crippen LogP contribution in [-0.4, -0.2) is 31.9 Å². The van der Waals surface area contributed by atoms with E-state index in [1.54, 1.807) is 49.2 Å². The summed E-state index contributed by atoms with van der Waals surface area (Å²) in [6, 6.07) is 18.7. The Morgan fingerprint density at radius 3 is 2.15 bits per heavy atom. The SMILES string of the molecule is CC(C)[C@H](N=C(NS(=O)(=O)c1ccc(Cl)cc1)C1=NN(c2ccc(Cl)cc2)[C@@H](c2ccccc2Cl)C1)C(N)=O. The number of amidine groups is 1. The van der Waals surface area contributed by atoms with Gasteiger partial charge >= 0.3 is 0 Å². The van der Waals surface area contributed by atoms with Gasteiger partial charge in [-0.2, -0.15) is 5.10 Å². The molecule has 0 saturated heterocycles. The molecule has 3 aromatic rings. The number of nitrogens with zero attached hydrogens (tertiary/aromatic N) is 3. The molecule has 0 spiro atoms. The number of aliphatic imine (C=N–C) groups is 1. The lowest BCUT2D eigenvalue weighted by atomic mass is 10.0. The molecule has 0 radical (unpaired) electrons. The fourth-order valence-electron chi connectivity index (χ4n) is 4.11. The van der Waals surface area contributed by atoms with Crippen molar-refractivity contribution < 1.29 is 13.2 Å². The number of halogens is 3. The van der Waals surface area contributed by atoms with Crippen LogP contribution in [0.15, 0.2) is 87.8 Å². The van der Waals surface area contributed by atoms with E-state index in [0.29, 0.717) is 26.5 Å². The van der Waals surface area contributed by atoms with Crippen molar-refractivity contribution in [3.8, 4) is 0 Å². The molecule has 1 heterocycles. The summed E-state index contributed by atoms with van der Waals surface area (Å²) in [6.45, 7) is 3.54. The smallest absolute Gasteiger partial charge is 0.263 e. The number of hydrogen-bond acceptors (Lipinski definition) is 6. The Kier molecular flexibility index (Phi) is 8.86. The summed E-state index contributed by atoms with van der Waals surface area (Å²) in [4.78, 5) is 16.7. The molecule has 4 rings (SSSR count). The maximum absolute atomic E-state index is 13.4. The third-order valence-corrected chi connectivity index (χ3v) is 8.29. The minimum atomic E-state index is -4.12. The van der Waals surface area contributed by atoms with Crippen LogP contribution >= 0.6 is 34.8 Å². The minimum Gasteiger partial charge on any atom is -0.368 e. The van der Waals surface area contributed by atoms with Gasteiger partial charge in [0.05, 0.1) is 16.6 Å². The van der Waals surface area contributed by atoms with Crippen molar-refractivity contribution in [1.82, 2.24) is 4.72 Å². The molecule has 0 fully saturated rings. The van der Waals surface area contributed by atoms with Crippen LogP contribution in [-0.2, 0) is 14.8 Å². The van der Waals surface area contributed by atoms with Crippen molar-refractivity contribution in [2.75, 3.05) is 5.01 Å². The average Bonchev–Trinajstić information content (AvgIpc) is 3.32. The first-order valence-electron chi connectivity index (χ1n) is 12.0. The van der Waals surface area contributed by atoms with E-state index in [0.717, 1.165) is 5.56 Å². The summed E-state index contributed by atoms with van der Waals surface area (Å²) in [7, 11) is -4.12. The maximum Gasteiger partial charge on any atom is 0.263 e. The lowest BCUT2D eigenvalue weighted by Crippen LogP contribution is -2.40. The number of benzene rings is 3. The minimum absolute atomic E-state index is 0.0319. The van der Waals surface area contributed by atoms with E-state index in [9.17, 15) is 13.2 Å². The number of primary amides is 1. The fraction of sp³-hybridized carbons (Fsp3) is 0.222. The molecule has 0 aromatic heterocycles. The van der Waals surface area contributed by atoms with Gasteiger partial charge in [0.25, 0.3) is 10.0 Å². The maximum atomic E-state index is 13.4. The van der Waals surface area contributed by atoms with Crippen LogP contribution in [0.1, 0.15) is 31.9 Å². The quantitative estimate of drug-likeness (QED) is 0.247. The molecule has 8 nitrogen and oxygen atoms in total. The molecular weight excluding hydrogens is 581 g/mol. The Morgan fingerprint density at radius 2 is 1.59 bits per heavy atom. The molecule has 3 N–H and O–H groups in total. The molecular formula is C27H26Cl3N5O3S. The van der Waals surface area contributed by atoms with E-state index in [1.807, 2.05) is 18.2 Å². The molecule has 2 atom stereocenters. The Morgan fingerprint density at radius 1 is 1.00 bits per heavy atom. The van der Waals surface area contributed by atoms with Gasteiger partial charge in [-0.15, -0.1) is 0 Å². The second-order valence-corrected chi connectivity index (χ2v) is 12.2. The van der Waals surface area contributed by atoms with Crippen LogP contribution in [0.2, 0.25) is 15.1 Å². The van der Waals surface area contributed by atoms with E-state index in [-0.39, 0.29) is 23.1 Å². The largest absolute Gasteiger partial charge is 0.368 e. The predicted molar refractivity (Wildman–Crippen MR) is 157 cm³/mol. The molecule has 12 heteroatoms.